The minimum atomic E-state index is -3.67. The molecule has 2 amide bonds. The molecule has 1 heterocycles. The lowest BCUT2D eigenvalue weighted by molar-refractivity contribution is 0.0697. The highest BCUT2D eigenvalue weighted by Gasteiger charge is 2.21. The normalized spacial score (nSPS) is 10.7. The number of hydrogen-bond donors (Lipinski definition) is 6. The summed E-state index contributed by atoms with van der Waals surface area (Å²) >= 11 is 0. The fourth-order valence-electron chi connectivity index (χ4n) is 3.22. The van der Waals surface area contributed by atoms with E-state index in [0.29, 0.717) is 29.6 Å². The molecule has 13 heteroatoms. The maximum absolute atomic E-state index is 13.0. The second-order valence-corrected chi connectivity index (χ2v) is 10.2. The lowest BCUT2D eigenvalue weighted by Gasteiger charge is -2.13. The summed E-state index contributed by atoms with van der Waals surface area (Å²) in [6.07, 6.45) is 2.15. The topological polar surface area (TPSA) is 213 Å². The predicted molar refractivity (Wildman–Crippen MR) is 147 cm³/mol. The minimum Gasteiger partial charge on any atom is -0.478 e. The van der Waals surface area contributed by atoms with E-state index in [1.54, 1.807) is 36.4 Å². The van der Waals surface area contributed by atoms with Gasteiger partial charge in [-0.1, -0.05) is 26.0 Å². The first-order valence-electron chi connectivity index (χ1n) is 11.5. The number of nitrogens with zero attached hydrogens (tertiary/aromatic N) is 1. The number of carbonyl (C=O) groups excluding carboxylic acids is 2. The highest BCUT2D eigenvalue weighted by molar-refractivity contribution is 7.85. The quantitative estimate of drug-likeness (QED) is 0.137. The number of nitrogen functional groups attached to an aromatic ring is 1. The van der Waals surface area contributed by atoms with Crippen molar-refractivity contribution < 1.29 is 32.5 Å². The summed E-state index contributed by atoms with van der Waals surface area (Å²) in [5.41, 5.74) is 7.12. The van der Waals surface area contributed by atoms with E-state index in [1.807, 2.05) is 13.8 Å². The van der Waals surface area contributed by atoms with E-state index in [1.165, 1.54) is 24.4 Å². The van der Waals surface area contributed by atoms with Gasteiger partial charge in [-0.2, -0.15) is 8.42 Å². The molecular weight excluding hydrogens is 526 g/mol. The van der Waals surface area contributed by atoms with Crippen LogP contribution in [0, 0.1) is 11.3 Å². The van der Waals surface area contributed by atoms with E-state index in [2.05, 4.69) is 15.6 Å². The van der Waals surface area contributed by atoms with Crippen LogP contribution in [0.5, 0.6) is 0 Å². The molecule has 39 heavy (non-hydrogen) atoms. The molecular formula is C26H29N5O7S. The highest BCUT2D eigenvalue weighted by atomic mass is 32.2. The molecule has 12 nitrogen and oxygen atoms in total. The van der Waals surface area contributed by atoms with E-state index in [-0.39, 0.29) is 40.0 Å². The summed E-state index contributed by atoms with van der Waals surface area (Å²) in [6.45, 7) is 4.38. The predicted octanol–water partition coefficient (Wildman–Crippen LogP) is 2.87. The maximum atomic E-state index is 13.0. The Hall–Kier alpha value is -4.62. The Morgan fingerprint density at radius 1 is 1.00 bits per heavy atom. The van der Waals surface area contributed by atoms with Gasteiger partial charge in [-0.3, -0.25) is 24.5 Å². The molecule has 0 bridgehead atoms. The van der Waals surface area contributed by atoms with Crippen molar-refractivity contribution in [2.45, 2.75) is 13.8 Å². The molecule has 0 saturated carbocycles. The third-order valence-electron chi connectivity index (χ3n) is 4.95. The van der Waals surface area contributed by atoms with Crippen LogP contribution >= 0.6 is 0 Å². The molecule has 0 aliphatic rings. The van der Waals surface area contributed by atoms with Crippen molar-refractivity contribution in [1.82, 2.24) is 10.3 Å². The fraction of sp³-hybridized carbons (Fsp3) is 0.192. The van der Waals surface area contributed by atoms with Crippen LogP contribution in [0.3, 0.4) is 0 Å². The van der Waals surface area contributed by atoms with Crippen molar-refractivity contribution in [3.05, 3.63) is 83.2 Å². The van der Waals surface area contributed by atoms with E-state index < -0.39 is 22.0 Å². The molecule has 0 fully saturated rings. The summed E-state index contributed by atoms with van der Waals surface area (Å²) in [7, 11) is -3.67. The van der Waals surface area contributed by atoms with Crippen molar-refractivity contribution in [2.24, 2.45) is 11.7 Å². The van der Waals surface area contributed by atoms with Gasteiger partial charge in [0, 0.05) is 35.1 Å². The number of amidine groups is 1. The highest BCUT2D eigenvalue weighted by Crippen LogP contribution is 2.28. The van der Waals surface area contributed by atoms with E-state index in [4.69, 9.17) is 15.7 Å². The summed E-state index contributed by atoms with van der Waals surface area (Å²) in [5, 5.41) is 22.7. The summed E-state index contributed by atoms with van der Waals surface area (Å²) < 4.78 is 25.9. The van der Waals surface area contributed by atoms with Gasteiger partial charge in [0.05, 0.1) is 11.8 Å². The van der Waals surface area contributed by atoms with E-state index >= 15 is 0 Å². The zero-order valence-electron chi connectivity index (χ0n) is 21.4. The number of carbonyl (C=O) groups is 3. The summed E-state index contributed by atoms with van der Waals surface area (Å²) in [5.74, 6) is -1.99. The largest absolute Gasteiger partial charge is 0.478 e. The molecule has 0 radical (unpaired) electrons. The molecule has 0 unspecified atom stereocenters. The van der Waals surface area contributed by atoms with Gasteiger partial charge in [-0.15, -0.1) is 0 Å². The number of hydrogen-bond acceptors (Lipinski definition) is 7. The number of benzene rings is 2. The maximum Gasteiger partial charge on any atom is 0.336 e. The minimum absolute atomic E-state index is 0.0256. The van der Waals surface area contributed by atoms with Crippen LogP contribution in [0.2, 0.25) is 0 Å². The standard InChI is InChI=1S/C25H25N5O4.CH4O3S/c1-14(2)13-29-23(31)16-7-10-18(20(12-16)25(33)34)19-4-3-11-28-21(19)24(32)30-17-8-5-15(6-9-17)22(26)27;1-5(2,3)4/h3-12,14H,13H2,1-2H3,(H3,26,27)(H,29,31)(H,30,32)(H,33,34);1H3,(H,2,3,4). The fourth-order valence-corrected chi connectivity index (χ4v) is 3.22. The molecule has 3 rings (SSSR count). The first-order valence-corrected chi connectivity index (χ1v) is 13.3. The Morgan fingerprint density at radius 2 is 1.59 bits per heavy atom. The average molecular weight is 556 g/mol. The third-order valence-corrected chi connectivity index (χ3v) is 4.95. The van der Waals surface area contributed by atoms with Crippen molar-refractivity contribution >= 4 is 39.4 Å². The summed E-state index contributed by atoms with van der Waals surface area (Å²) in [6, 6.07) is 13.9. The smallest absolute Gasteiger partial charge is 0.336 e. The zero-order valence-corrected chi connectivity index (χ0v) is 22.2. The van der Waals surface area contributed by atoms with Gasteiger partial charge < -0.3 is 21.5 Å². The van der Waals surface area contributed by atoms with Crippen LogP contribution in [0.4, 0.5) is 5.69 Å². The Bertz CT molecular complexity index is 1480. The van der Waals surface area contributed by atoms with Gasteiger partial charge in [-0.25, -0.2) is 4.79 Å². The Balaban J connectivity index is 0.000000976. The molecule has 0 aliphatic heterocycles. The van der Waals surface area contributed by atoms with Gasteiger partial charge in [0.2, 0.25) is 0 Å². The van der Waals surface area contributed by atoms with E-state index in [9.17, 15) is 27.9 Å². The van der Waals surface area contributed by atoms with Crippen molar-refractivity contribution in [3.63, 3.8) is 0 Å². The van der Waals surface area contributed by atoms with Crippen molar-refractivity contribution in [2.75, 3.05) is 18.1 Å². The lowest BCUT2D eigenvalue weighted by atomic mass is 9.95. The average Bonchev–Trinajstić information content (AvgIpc) is 2.86. The number of aromatic carboxylic acids is 1. The molecule has 0 aliphatic carbocycles. The number of pyridine rings is 1. The van der Waals surface area contributed by atoms with Gasteiger partial charge in [-0.05, 0) is 53.9 Å². The number of nitrogens with one attached hydrogen (secondary N) is 3. The lowest BCUT2D eigenvalue weighted by Crippen LogP contribution is -2.27. The Kier molecular flexibility index (Phi) is 10.4. The molecule has 0 saturated heterocycles. The molecule has 3 aromatic rings. The van der Waals surface area contributed by atoms with Crippen LogP contribution in [0.1, 0.15) is 50.6 Å². The number of carboxylic acid groups (broad SMARTS) is 1. The SMILES string of the molecule is CC(C)CNC(=O)c1ccc(-c2cccnc2C(=O)Nc2ccc(C(=N)N)cc2)c(C(=O)O)c1.CS(=O)(=O)O. The molecule has 1 aromatic heterocycles. The number of amides is 2. The van der Waals surface area contributed by atoms with Crippen LogP contribution in [-0.2, 0) is 10.1 Å². The molecule has 2 aromatic carbocycles. The number of nitrogens with two attached hydrogens (primary N) is 1. The van der Waals surface area contributed by atoms with Crippen LogP contribution in [-0.4, -0.2) is 59.5 Å². The Labute approximate surface area is 225 Å². The van der Waals surface area contributed by atoms with Gasteiger partial charge >= 0.3 is 5.97 Å². The third kappa shape index (κ3) is 9.64. The number of carboxylic acids is 1. The van der Waals surface area contributed by atoms with Crippen LogP contribution < -0.4 is 16.4 Å². The van der Waals surface area contributed by atoms with Crippen molar-refractivity contribution in [3.8, 4) is 11.1 Å². The van der Waals surface area contributed by atoms with Crippen LogP contribution in [0.25, 0.3) is 11.1 Å². The van der Waals surface area contributed by atoms with Gasteiger partial charge in [0.15, 0.2) is 0 Å². The van der Waals surface area contributed by atoms with Crippen molar-refractivity contribution in [1.29, 1.82) is 5.41 Å². The summed E-state index contributed by atoms with van der Waals surface area (Å²) in [4.78, 5) is 41.6. The van der Waals surface area contributed by atoms with Gasteiger partial charge in [0.1, 0.15) is 11.5 Å². The second kappa shape index (κ2) is 13.3. The van der Waals surface area contributed by atoms with Crippen LogP contribution in [0.15, 0.2) is 60.8 Å². The first-order chi connectivity index (χ1) is 18.2. The number of rotatable bonds is 8. The monoisotopic (exact) mass is 555 g/mol. The van der Waals surface area contributed by atoms with E-state index in [0.717, 1.165) is 0 Å². The number of anilines is 1. The molecule has 0 atom stereocenters. The molecule has 206 valence electrons. The Morgan fingerprint density at radius 3 is 2.13 bits per heavy atom. The molecule has 0 spiro atoms. The number of aromatic nitrogens is 1. The van der Waals surface area contributed by atoms with Gasteiger partial charge in [0.25, 0.3) is 21.9 Å². The zero-order chi connectivity index (χ0) is 29.3. The molecule has 7 N–H and O–H groups in total. The second-order valence-electron chi connectivity index (χ2n) is 8.75. The first kappa shape index (κ1) is 30.6.